The van der Waals surface area contributed by atoms with Gasteiger partial charge in [-0.3, -0.25) is 0 Å². The first kappa shape index (κ1) is 23.6. The fraction of sp³-hybridized carbons (Fsp3) is 0.200. The number of benzene rings is 1. The Bertz CT molecular complexity index is 1350. The van der Waals surface area contributed by atoms with Crippen molar-refractivity contribution in [1.82, 2.24) is 30.3 Å². The first-order valence-corrected chi connectivity index (χ1v) is 11.7. The molecule has 3 aromatic rings. The zero-order chi connectivity index (χ0) is 23.7. The molecule has 0 aliphatic heterocycles. The van der Waals surface area contributed by atoms with Crippen LogP contribution in [0.4, 0.5) is 10.2 Å². The van der Waals surface area contributed by atoms with Crippen LogP contribution in [0.15, 0.2) is 34.2 Å². The highest BCUT2D eigenvalue weighted by Gasteiger charge is 2.32. The van der Waals surface area contributed by atoms with Crippen LogP contribution in [-0.4, -0.2) is 66.7 Å². The van der Waals surface area contributed by atoms with Crippen LogP contribution in [0.5, 0.6) is 0 Å². The lowest BCUT2D eigenvalue weighted by molar-refractivity contribution is 0.186. The number of sulfonamides is 2. The quantitative estimate of drug-likeness (QED) is 0.201. The van der Waals surface area contributed by atoms with Crippen LogP contribution in [0, 0.1) is 5.82 Å². The van der Waals surface area contributed by atoms with Gasteiger partial charge in [0.15, 0.2) is 11.6 Å². The number of aliphatic hydroxyl groups is 1. The third kappa shape index (κ3) is 4.71. The summed E-state index contributed by atoms with van der Waals surface area (Å²) < 4.78 is 66.9. The van der Waals surface area contributed by atoms with Gasteiger partial charge >= 0.3 is 0 Å². The SMILES string of the molecule is NC[C@H](O)CNS(=O)(=O)c1ccc(-c2cnc(N)c(F)c2)c(-c2nn[nH]n2)c1S(N)(=O)=O. The van der Waals surface area contributed by atoms with Gasteiger partial charge < -0.3 is 16.6 Å². The van der Waals surface area contributed by atoms with E-state index in [4.69, 9.17) is 16.6 Å². The maximum atomic E-state index is 14.0. The Hall–Kier alpha value is -3.09. The van der Waals surface area contributed by atoms with E-state index in [1.807, 2.05) is 0 Å². The van der Waals surface area contributed by atoms with Crippen molar-refractivity contribution in [3.63, 3.8) is 0 Å². The molecule has 0 amide bonds. The topological polar surface area (TPSA) is 246 Å². The molecular formula is C15H18FN9O5S2. The average Bonchev–Trinajstić information content (AvgIpc) is 3.27. The van der Waals surface area contributed by atoms with Gasteiger partial charge in [-0.2, -0.15) is 5.21 Å². The average molecular weight is 487 g/mol. The molecule has 0 aliphatic rings. The largest absolute Gasteiger partial charge is 0.390 e. The van der Waals surface area contributed by atoms with Crippen molar-refractivity contribution in [2.45, 2.75) is 15.9 Å². The minimum Gasteiger partial charge on any atom is -0.390 e. The van der Waals surface area contributed by atoms with Crippen molar-refractivity contribution >= 4 is 25.9 Å². The molecule has 2 heterocycles. The van der Waals surface area contributed by atoms with Gasteiger partial charge in [0.25, 0.3) is 0 Å². The van der Waals surface area contributed by atoms with E-state index in [1.165, 1.54) is 6.07 Å². The highest BCUT2D eigenvalue weighted by atomic mass is 32.2. The van der Waals surface area contributed by atoms with Crippen LogP contribution in [0.3, 0.4) is 0 Å². The van der Waals surface area contributed by atoms with E-state index >= 15 is 0 Å². The number of hydrogen-bond donors (Lipinski definition) is 6. The monoisotopic (exact) mass is 487 g/mol. The molecule has 14 nitrogen and oxygen atoms in total. The van der Waals surface area contributed by atoms with E-state index in [1.54, 1.807) is 0 Å². The molecule has 0 bridgehead atoms. The van der Waals surface area contributed by atoms with E-state index < -0.39 is 54.1 Å². The summed E-state index contributed by atoms with van der Waals surface area (Å²) in [5.41, 5.74) is 10.3. The van der Waals surface area contributed by atoms with Crippen LogP contribution < -0.4 is 21.3 Å². The molecule has 32 heavy (non-hydrogen) atoms. The number of rotatable bonds is 8. The summed E-state index contributed by atoms with van der Waals surface area (Å²) in [5, 5.41) is 27.8. The maximum absolute atomic E-state index is 14.0. The Labute approximate surface area is 181 Å². The molecule has 0 spiro atoms. The lowest BCUT2D eigenvalue weighted by atomic mass is 10.0. The summed E-state index contributed by atoms with van der Waals surface area (Å²) in [7, 11) is -9.26. The molecule has 0 saturated heterocycles. The summed E-state index contributed by atoms with van der Waals surface area (Å²) in [6, 6.07) is 3.11. The number of nitrogens with two attached hydrogens (primary N) is 3. The Morgan fingerprint density at radius 3 is 2.53 bits per heavy atom. The highest BCUT2D eigenvalue weighted by molar-refractivity contribution is 7.92. The molecule has 1 aromatic carbocycles. The Balaban J connectivity index is 2.35. The van der Waals surface area contributed by atoms with Gasteiger partial charge in [0.1, 0.15) is 9.79 Å². The van der Waals surface area contributed by atoms with Gasteiger partial charge in [0.2, 0.25) is 25.9 Å². The Morgan fingerprint density at radius 1 is 1.25 bits per heavy atom. The van der Waals surface area contributed by atoms with Gasteiger partial charge in [-0.05, 0) is 22.9 Å². The summed E-state index contributed by atoms with van der Waals surface area (Å²) in [6.45, 7) is -0.734. The number of halogens is 1. The number of pyridine rings is 1. The summed E-state index contributed by atoms with van der Waals surface area (Å²) in [5.74, 6) is -1.63. The standard InChI is InChI=1S/C15H18FN9O5S2/c16-10-3-7(5-20-14(10)18)9-1-2-11(32(29,30)21-6-8(26)4-17)13(31(19,27)28)12(9)15-22-24-25-23-15/h1-3,5,8,21,26H,4,6,17H2,(H2,18,20)(H2,19,27,28)(H,22,23,24,25)/t8-/m0/s1. The normalized spacial score (nSPS) is 13.2. The predicted molar refractivity (Wildman–Crippen MR) is 109 cm³/mol. The number of tetrazole rings is 1. The van der Waals surface area contributed by atoms with E-state index in [0.717, 1.165) is 18.3 Å². The van der Waals surface area contributed by atoms with Crippen molar-refractivity contribution in [3.05, 3.63) is 30.2 Å². The van der Waals surface area contributed by atoms with Crippen LogP contribution in [-0.2, 0) is 20.0 Å². The smallest absolute Gasteiger partial charge is 0.242 e. The van der Waals surface area contributed by atoms with Crippen molar-refractivity contribution in [1.29, 1.82) is 0 Å². The summed E-state index contributed by atoms with van der Waals surface area (Å²) >= 11 is 0. The number of nitrogen functional groups attached to an aromatic ring is 1. The van der Waals surface area contributed by atoms with Crippen LogP contribution in [0.2, 0.25) is 0 Å². The predicted octanol–water partition coefficient (Wildman–Crippen LogP) is -2.10. The fourth-order valence-corrected chi connectivity index (χ4v) is 5.42. The molecule has 0 unspecified atom stereocenters. The minimum absolute atomic E-state index is 0.0113. The zero-order valence-corrected chi connectivity index (χ0v) is 17.7. The van der Waals surface area contributed by atoms with Gasteiger partial charge in [-0.1, -0.05) is 6.07 Å². The van der Waals surface area contributed by atoms with Gasteiger partial charge in [0.05, 0.1) is 11.7 Å². The van der Waals surface area contributed by atoms with Crippen LogP contribution >= 0.6 is 0 Å². The van der Waals surface area contributed by atoms with Crippen LogP contribution in [0.1, 0.15) is 0 Å². The first-order valence-electron chi connectivity index (χ1n) is 8.68. The minimum atomic E-state index is -4.73. The Kier molecular flexibility index (Phi) is 6.49. The molecule has 1 atom stereocenters. The molecule has 2 aromatic heterocycles. The van der Waals surface area contributed by atoms with Gasteiger partial charge in [0, 0.05) is 24.8 Å². The van der Waals surface area contributed by atoms with E-state index in [-0.39, 0.29) is 29.1 Å². The van der Waals surface area contributed by atoms with Crippen molar-refractivity contribution in [2.24, 2.45) is 10.9 Å². The molecule has 3 rings (SSSR count). The van der Waals surface area contributed by atoms with Gasteiger partial charge in [-0.25, -0.2) is 36.1 Å². The second-order valence-electron chi connectivity index (χ2n) is 6.43. The third-order valence-corrected chi connectivity index (χ3v) is 6.81. The molecule has 172 valence electrons. The van der Waals surface area contributed by atoms with Gasteiger partial charge in [-0.15, -0.1) is 10.2 Å². The molecule has 17 heteroatoms. The summed E-state index contributed by atoms with van der Waals surface area (Å²) in [4.78, 5) is 2.06. The van der Waals surface area contributed by atoms with Crippen LogP contribution in [0.25, 0.3) is 22.5 Å². The number of anilines is 1. The molecule has 0 radical (unpaired) electrons. The fourth-order valence-electron chi connectivity index (χ4n) is 2.75. The van der Waals surface area contributed by atoms with E-state index in [9.17, 15) is 26.3 Å². The second kappa shape index (κ2) is 8.81. The number of nitrogens with zero attached hydrogens (tertiary/aromatic N) is 4. The lowest BCUT2D eigenvalue weighted by Crippen LogP contribution is -2.36. The van der Waals surface area contributed by atoms with E-state index in [2.05, 4.69) is 30.3 Å². The Morgan fingerprint density at radius 2 is 1.97 bits per heavy atom. The lowest BCUT2D eigenvalue weighted by Gasteiger charge is -2.17. The number of H-pyrrole nitrogens is 1. The van der Waals surface area contributed by atoms with Crippen molar-refractivity contribution < 1.29 is 26.3 Å². The highest BCUT2D eigenvalue weighted by Crippen LogP contribution is 2.38. The number of aromatic amines is 1. The molecule has 9 N–H and O–H groups in total. The number of aliphatic hydroxyl groups excluding tert-OH is 1. The molecular weight excluding hydrogens is 469 g/mol. The maximum Gasteiger partial charge on any atom is 0.242 e. The second-order valence-corrected chi connectivity index (χ2v) is 9.66. The number of nitrogens with one attached hydrogen (secondary N) is 2. The number of primary sulfonamides is 1. The summed E-state index contributed by atoms with van der Waals surface area (Å²) in [6.07, 6.45) is -0.0728. The zero-order valence-electron chi connectivity index (χ0n) is 16.1. The molecule has 0 fully saturated rings. The number of hydrogen-bond acceptors (Lipinski definition) is 11. The number of aromatic nitrogens is 5. The van der Waals surface area contributed by atoms with Crippen molar-refractivity contribution in [2.75, 3.05) is 18.8 Å². The van der Waals surface area contributed by atoms with E-state index in [0.29, 0.717) is 0 Å². The molecule has 0 saturated carbocycles. The molecule has 0 aliphatic carbocycles. The first-order chi connectivity index (χ1) is 15.0. The third-order valence-electron chi connectivity index (χ3n) is 4.23. The van der Waals surface area contributed by atoms with Crippen molar-refractivity contribution in [3.8, 4) is 22.5 Å².